The van der Waals surface area contributed by atoms with Crippen molar-refractivity contribution in [1.82, 2.24) is 0 Å². The standard InChI is InChI=1S/C20H34OS2/c22-17-11-5-1-3-7-13-19-14-8-9-15-20(19)21-16-10-4-2-6-12-18-23/h8-9,14-15,22-23H,1-7,10-13,16-18H2. The van der Waals surface area contributed by atoms with Crippen LogP contribution in [-0.4, -0.2) is 18.1 Å². The van der Waals surface area contributed by atoms with Crippen LogP contribution in [0.3, 0.4) is 0 Å². The van der Waals surface area contributed by atoms with Gasteiger partial charge in [-0.1, -0.05) is 56.7 Å². The van der Waals surface area contributed by atoms with Crippen LogP contribution in [0, 0.1) is 0 Å². The van der Waals surface area contributed by atoms with Gasteiger partial charge in [0.2, 0.25) is 0 Å². The lowest BCUT2D eigenvalue weighted by atomic mass is 10.0. The average molecular weight is 355 g/mol. The molecule has 0 atom stereocenters. The molecule has 132 valence electrons. The van der Waals surface area contributed by atoms with Crippen LogP contribution in [0.4, 0.5) is 0 Å². The zero-order valence-electron chi connectivity index (χ0n) is 14.5. The van der Waals surface area contributed by atoms with Crippen LogP contribution in [0.15, 0.2) is 24.3 Å². The molecule has 0 fully saturated rings. The van der Waals surface area contributed by atoms with Crippen molar-refractivity contribution in [2.24, 2.45) is 0 Å². The average Bonchev–Trinajstić information content (AvgIpc) is 2.58. The van der Waals surface area contributed by atoms with Crippen LogP contribution < -0.4 is 4.74 Å². The molecule has 1 nitrogen and oxygen atoms in total. The van der Waals surface area contributed by atoms with E-state index in [9.17, 15) is 0 Å². The van der Waals surface area contributed by atoms with E-state index in [1.807, 2.05) is 0 Å². The fourth-order valence-electron chi connectivity index (χ4n) is 2.74. The van der Waals surface area contributed by atoms with Crippen molar-refractivity contribution < 1.29 is 4.74 Å². The molecule has 3 heteroatoms. The summed E-state index contributed by atoms with van der Waals surface area (Å²) in [5.41, 5.74) is 1.37. The summed E-state index contributed by atoms with van der Waals surface area (Å²) in [6.07, 6.45) is 13.9. The highest BCUT2D eigenvalue weighted by molar-refractivity contribution is 7.80. The maximum atomic E-state index is 6.01. The Hall–Kier alpha value is -0.280. The predicted octanol–water partition coefficient (Wildman–Crippen LogP) is 6.37. The van der Waals surface area contributed by atoms with Crippen LogP contribution >= 0.6 is 25.3 Å². The molecule has 23 heavy (non-hydrogen) atoms. The quantitative estimate of drug-likeness (QED) is 0.275. The third-order valence-electron chi connectivity index (χ3n) is 4.14. The van der Waals surface area contributed by atoms with E-state index in [0.717, 1.165) is 36.7 Å². The first kappa shape index (κ1) is 20.8. The lowest BCUT2D eigenvalue weighted by Gasteiger charge is -2.11. The van der Waals surface area contributed by atoms with Crippen molar-refractivity contribution in [2.75, 3.05) is 18.1 Å². The van der Waals surface area contributed by atoms with Gasteiger partial charge in [0.05, 0.1) is 6.61 Å². The predicted molar refractivity (Wildman–Crippen MR) is 110 cm³/mol. The SMILES string of the molecule is SCCCCCCCOc1ccccc1CCCCCCCS. The maximum absolute atomic E-state index is 6.01. The molecule has 1 rings (SSSR count). The molecular weight excluding hydrogens is 320 g/mol. The van der Waals surface area contributed by atoms with Crippen molar-refractivity contribution in [3.63, 3.8) is 0 Å². The molecule has 0 aromatic heterocycles. The van der Waals surface area contributed by atoms with Gasteiger partial charge < -0.3 is 4.74 Å². The van der Waals surface area contributed by atoms with Gasteiger partial charge in [-0.2, -0.15) is 25.3 Å². The summed E-state index contributed by atoms with van der Waals surface area (Å²) >= 11 is 8.51. The Kier molecular flexibility index (Phi) is 13.8. The summed E-state index contributed by atoms with van der Waals surface area (Å²) in [5, 5.41) is 0. The first-order valence-electron chi connectivity index (χ1n) is 9.31. The maximum Gasteiger partial charge on any atom is 0.122 e. The molecule has 1 aromatic carbocycles. The van der Waals surface area contributed by atoms with E-state index in [4.69, 9.17) is 4.74 Å². The third kappa shape index (κ3) is 11.0. The van der Waals surface area contributed by atoms with Crippen molar-refractivity contribution in [3.05, 3.63) is 29.8 Å². The zero-order valence-corrected chi connectivity index (χ0v) is 16.3. The fourth-order valence-corrected chi connectivity index (χ4v) is 3.18. The van der Waals surface area contributed by atoms with Crippen molar-refractivity contribution >= 4 is 25.3 Å². The first-order chi connectivity index (χ1) is 11.4. The topological polar surface area (TPSA) is 9.23 Å². The third-order valence-corrected chi connectivity index (χ3v) is 4.77. The number of ether oxygens (including phenoxy) is 1. The lowest BCUT2D eigenvalue weighted by molar-refractivity contribution is 0.301. The number of unbranched alkanes of at least 4 members (excludes halogenated alkanes) is 8. The molecule has 0 aliphatic heterocycles. The van der Waals surface area contributed by atoms with E-state index < -0.39 is 0 Å². The van der Waals surface area contributed by atoms with Crippen LogP contribution in [0.2, 0.25) is 0 Å². The minimum atomic E-state index is 0.847. The number of aryl methyl sites for hydroxylation is 1. The first-order valence-corrected chi connectivity index (χ1v) is 10.6. The Bertz CT molecular complexity index is 382. The van der Waals surface area contributed by atoms with Crippen LogP contribution in [0.1, 0.15) is 69.8 Å². The molecule has 0 unspecified atom stereocenters. The number of rotatable bonds is 15. The monoisotopic (exact) mass is 354 g/mol. The van der Waals surface area contributed by atoms with Crippen LogP contribution in [-0.2, 0) is 6.42 Å². The molecule has 0 bridgehead atoms. The normalized spacial score (nSPS) is 10.9. The van der Waals surface area contributed by atoms with Gasteiger partial charge in [-0.05, 0) is 55.2 Å². The van der Waals surface area contributed by atoms with Gasteiger partial charge in [0, 0.05) is 0 Å². The molecule has 0 saturated carbocycles. The Morgan fingerprint density at radius 1 is 0.652 bits per heavy atom. The number of thiol groups is 2. The molecule has 0 spiro atoms. The van der Waals surface area contributed by atoms with Gasteiger partial charge in [-0.25, -0.2) is 0 Å². The molecule has 0 N–H and O–H groups in total. The minimum absolute atomic E-state index is 0.847. The van der Waals surface area contributed by atoms with E-state index in [2.05, 4.69) is 49.5 Å². The van der Waals surface area contributed by atoms with Crippen molar-refractivity contribution in [3.8, 4) is 5.75 Å². The Labute approximate surface area is 154 Å². The smallest absolute Gasteiger partial charge is 0.122 e. The highest BCUT2D eigenvalue weighted by Gasteiger charge is 2.03. The van der Waals surface area contributed by atoms with Gasteiger partial charge >= 0.3 is 0 Å². The second kappa shape index (κ2) is 15.3. The van der Waals surface area contributed by atoms with Crippen LogP contribution in [0.25, 0.3) is 0 Å². The highest BCUT2D eigenvalue weighted by Crippen LogP contribution is 2.21. The fraction of sp³-hybridized carbons (Fsp3) is 0.700. The van der Waals surface area contributed by atoms with Gasteiger partial charge in [0.1, 0.15) is 5.75 Å². The summed E-state index contributed by atoms with van der Waals surface area (Å²) in [6.45, 7) is 0.847. The van der Waals surface area contributed by atoms with E-state index in [-0.39, 0.29) is 0 Å². The van der Waals surface area contributed by atoms with Gasteiger partial charge in [-0.15, -0.1) is 0 Å². The van der Waals surface area contributed by atoms with Gasteiger partial charge in [0.15, 0.2) is 0 Å². The molecule has 1 aromatic rings. The van der Waals surface area contributed by atoms with E-state index in [1.165, 1.54) is 63.4 Å². The zero-order chi connectivity index (χ0) is 16.6. The Morgan fingerprint density at radius 2 is 1.22 bits per heavy atom. The molecular formula is C20H34OS2. The van der Waals surface area contributed by atoms with Gasteiger partial charge in [0.25, 0.3) is 0 Å². The molecule has 0 radical (unpaired) electrons. The number of para-hydroxylation sites is 1. The molecule has 0 amide bonds. The van der Waals surface area contributed by atoms with Crippen LogP contribution in [0.5, 0.6) is 5.75 Å². The molecule has 0 saturated heterocycles. The van der Waals surface area contributed by atoms with E-state index in [0.29, 0.717) is 0 Å². The largest absolute Gasteiger partial charge is 0.493 e. The summed E-state index contributed by atoms with van der Waals surface area (Å²) in [4.78, 5) is 0. The Morgan fingerprint density at radius 3 is 1.91 bits per heavy atom. The number of benzene rings is 1. The minimum Gasteiger partial charge on any atom is -0.493 e. The second-order valence-electron chi connectivity index (χ2n) is 6.19. The van der Waals surface area contributed by atoms with E-state index >= 15 is 0 Å². The molecule has 0 aliphatic carbocycles. The van der Waals surface area contributed by atoms with Crippen molar-refractivity contribution in [2.45, 2.75) is 70.6 Å². The highest BCUT2D eigenvalue weighted by atomic mass is 32.1. The second-order valence-corrected chi connectivity index (χ2v) is 7.08. The molecule has 0 aliphatic rings. The summed E-state index contributed by atoms with van der Waals surface area (Å²) in [5.74, 6) is 3.13. The lowest BCUT2D eigenvalue weighted by Crippen LogP contribution is -2.00. The number of hydrogen-bond donors (Lipinski definition) is 2. The summed E-state index contributed by atoms with van der Waals surface area (Å²) in [7, 11) is 0. The Balaban J connectivity index is 2.17. The van der Waals surface area contributed by atoms with Crippen molar-refractivity contribution in [1.29, 1.82) is 0 Å². The van der Waals surface area contributed by atoms with E-state index in [1.54, 1.807) is 0 Å². The summed E-state index contributed by atoms with van der Waals surface area (Å²) in [6, 6.07) is 8.55. The molecule has 0 heterocycles. The number of hydrogen-bond acceptors (Lipinski definition) is 3. The summed E-state index contributed by atoms with van der Waals surface area (Å²) < 4.78 is 6.01. The van der Waals surface area contributed by atoms with Gasteiger partial charge in [-0.3, -0.25) is 0 Å².